The first kappa shape index (κ1) is 17.1. The molecule has 132 valence electrons. The molecule has 1 saturated carbocycles. The highest BCUT2D eigenvalue weighted by Gasteiger charge is 2.43. The number of alkyl halides is 3. The molecule has 2 aromatic rings. The molecule has 0 radical (unpaired) electrons. The minimum atomic E-state index is -4.24. The quantitative estimate of drug-likeness (QED) is 0.911. The van der Waals surface area contributed by atoms with E-state index in [1.165, 1.54) is 0 Å². The van der Waals surface area contributed by atoms with Crippen LogP contribution >= 0.6 is 0 Å². The Kier molecular flexibility index (Phi) is 4.23. The first-order valence-electron chi connectivity index (χ1n) is 7.67. The molecule has 0 bridgehead atoms. The molecular formula is C15H18F3N3O2S. The molecule has 3 rings (SSSR count). The Bertz CT molecular complexity index is 837. The fraction of sp³-hybridized carbons (Fsp3) is 0.533. The molecule has 1 aromatic heterocycles. The zero-order valence-electron chi connectivity index (χ0n) is 13.0. The van der Waals surface area contributed by atoms with E-state index in [0.29, 0.717) is 5.69 Å². The maximum absolute atomic E-state index is 12.7. The number of nitrogens with zero attached hydrogens (tertiary/aromatic N) is 2. The third-order valence-corrected chi connectivity index (χ3v) is 6.45. The highest BCUT2D eigenvalue weighted by Crippen LogP contribution is 2.39. The number of aromatic nitrogens is 2. The number of rotatable bonds is 3. The van der Waals surface area contributed by atoms with Gasteiger partial charge in [-0.1, -0.05) is 0 Å². The molecule has 1 fully saturated rings. The molecule has 0 unspecified atom stereocenters. The minimum absolute atomic E-state index is 0.0213. The van der Waals surface area contributed by atoms with Crippen molar-refractivity contribution in [3.8, 4) is 0 Å². The molecule has 0 spiro atoms. The van der Waals surface area contributed by atoms with Crippen LogP contribution in [-0.2, 0) is 17.1 Å². The Balaban J connectivity index is 1.73. The number of hydrogen-bond acceptors (Lipinski definition) is 3. The Morgan fingerprint density at radius 2 is 1.88 bits per heavy atom. The fourth-order valence-electron chi connectivity index (χ4n) is 3.16. The van der Waals surface area contributed by atoms with E-state index in [-0.39, 0.29) is 25.7 Å². The predicted molar refractivity (Wildman–Crippen MR) is 85.1 cm³/mol. The van der Waals surface area contributed by atoms with Gasteiger partial charge in [-0.3, -0.25) is 9.40 Å². The summed E-state index contributed by atoms with van der Waals surface area (Å²) in [5, 5.41) is 4.17. The van der Waals surface area contributed by atoms with Crippen LogP contribution in [0, 0.1) is 5.92 Å². The van der Waals surface area contributed by atoms with Gasteiger partial charge < -0.3 is 0 Å². The molecule has 0 saturated heterocycles. The van der Waals surface area contributed by atoms with Gasteiger partial charge in [-0.05, 0) is 43.9 Å². The summed E-state index contributed by atoms with van der Waals surface area (Å²) in [7, 11) is -1.97. The minimum Gasteiger partial charge on any atom is -0.283 e. The maximum Gasteiger partial charge on any atom is 0.391 e. The van der Waals surface area contributed by atoms with Crippen molar-refractivity contribution in [2.75, 3.05) is 4.72 Å². The number of hydrogen-bond donors (Lipinski definition) is 1. The average molecular weight is 361 g/mol. The molecular weight excluding hydrogens is 343 g/mol. The molecule has 1 aliphatic rings. The lowest BCUT2D eigenvalue weighted by molar-refractivity contribution is -0.181. The van der Waals surface area contributed by atoms with Crippen LogP contribution in [0.15, 0.2) is 24.4 Å². The van der Waals surface area contributed by atoms with Crippen LogP contribution in [0.4, 0.5) is 18.9 Å². The van der Waals surface area contributed by atoms with E-state index < -0.39 is 27.4 Å². The highest BCUT2D eigenvalue weighted by molar-refractivity contribution is 7.93. The number of aryl methyl sites for hydroxylation is 1. The monoisotopic (exact) mass is 361 g/mol. The average Bonchev–Trinajstić information content (AvgIpc) is 2.87. The van der Waals surface area contributed by atoms with Gasteiger partial charge in [0.2, 0.25) is 10.0 Å². The van der Waals surface area contributed by atoms with Crippen molar-refractivity contribution in [2.24, 2.45) is 13.0 Å². The van der Waals surface area contributed by atoms with E-state index in [0.717, 1.165) is 10.9 Å². The molecule has 0 atom stereocenters. The summed E-state index contributed by atoms with van der Waals surface area (Å²) in [6.07, 6.45) is -2.81. The number of anilines is 1. The van der Waals surface area contributed by atoms with Crippen LogP contribution < -0.4 is 4.72 Å². The molecule has 5 nitrogen and oxygen atoms in total. The Labute approximate surface area is 137 Å². The van der Waals surface area contributed by atoms with Crippen molar-refractivity contribution in [3.05, 3.63) is 24.4 Å². The van der Waals surface area contributed by atoms with Crippen molar-refractivity contribution in [1.82, 2.24) is 9.78 Å². The molecule has 24 heavy (non-hydrogen) atoms. The second kappa shape index (κ2) is 5.94. The highest BCUT2D eigenvalue weighted by atomic mass is 32.2. The Hall–Kier alpha value is -1.77. The molecule has 1 aliphatic carbocycles. The Morgan fingerprint density at radius 3 is 2.50 bits per heavy atom. The van der Waals surface area contributed by atoms with E-state index in [2.05, 4.69) is 9.82 Å². The van der Waals surface area contributed by atoms with Crippen molar-refractivity contribution in [1.29, 1.82) is 0 Å². The summed E-state index contributed by atoms with van der Waals surface area (Å²) in [4.78, 5) is 0. The SMILES string of the molecule is Cn1ncc2ccc(NS(=O)(=O)C3CCC(C(F)(F)F)CC3)cc21. The van der Waals surface area contributed by atoms with Gasteiger partial charge in [0, 0.05) is 12.4 Å². The van der Waals surface area contributed by atoms with Crippen LogP contribution in [0.5, 0.6) is 0 Å². The second-order valence-corrected chi connectivity index (χ2v) is 8.16. The van der Waals surface area contributed by atoms with Gasteiger partial charge in [0.15, 0.2) is 0 Å². The summed E-state index contributed by atoms with van der Waals surface area (Å²) in [5.41, 5.74) is 1.17. The van der Waals surface area contributed by atoms with Crippen LogP contribution in [0.2, 0.25) is 0 Å². The number of halogens is 3. The molecule has 9 heteroatoms. The number of sulfonamides is 1. The zero-order chi connectivity index (χ0) is 17.5. The summed E-state index contributed by atoms with van der Waals surface area (Å²) < 4.78 is 67.1. The molecule has 1 aromatic carbocycles. The smallest absolute Gasteiger partial charge is 0.283 e. The van der Waals surface area contributed by atoms with Crippen molar-refractivity contribution in [2.45, 2.75) is 37.1 Å². The van der Waals surface area contributed by atoms with E-state index in [9.17, 15) is 21.6 Å². The van der Waals surface area contributed by atoms with Gasteiger partial charge in [0.25, 0.3) is 0 Å². The van der Waals surface area contributed by atoms with Gasteiger partial charge in [-0.2, -0.15) is 18.3 Å². The lowest BCUT2D eigenvalue weighted by Gasteiger charge is -2.29. The van der Waals surface area contributed by atoms with Gasteiger partial charge in [-0.25, -0.2) is 8.42 Å². The van der Waals surface area contributed by atoms with E-state index in [4.69, 9.17) is 0 Å². The zero-order valence-corrected chi connectivity index (χ0v) is 13.9. The number of fused-ring (bicyclic) bond motifs is 1. The predicted octanol–water partition coefficient (Wildman–Crippen LogP) is 3.44. The first-order valence-corrected chi connectivity index (χ1v) is 9.21. The third-order valence-electron chi connectivity index (χ3n) is 4.59. The van der Waals surface area contributed by atoms with Crippen molar-refractivity contribution in [3.63, 3.8) is 0 Å². The van der Waals surface area contributed by atoms with Gasteiger partial charge >= 0.3 is 6.18 Å². The normalized spacial score (nSPS) is 22.7. The summed E-state index contributed by atoms with van der Waals surface area (Å²) in [5.74, 6) is -1.39. The molecule has 1 heterocycles. The lowest BCUT2D eigenvalue weighted by Crippen LogP contribution is -2.35. The van der Waals surface area contributed by atoms with Crippen molar-refractivity contribution < 1.29 is 21.6 Å². The molecule has 0 amide bonds. The first-order chi connectivity index (χ1) is 11.2. The largest absolute Gasteiger partial charge is 0.391 e. The van der Waals surface area contributed by atoms with Crippen molar-refractivity contribution >= 4 is 26.6 Å². The second-order valence-electron chi connectivity index (χ2n) is 6.20. The summed E-state index contributed by atoms with van der Waals surface area (Å²) in [6, 6.07) is 5.05. The standard InChI is InChI=1S/C15H18F3N3O2S/c1-21-14-8-12(5-2-10(14)9-19-21)20-24(22,23)13-6-3-11(4-7-13)15(16,17)18/h2,5,8-9,11,13,20H,3-4,6-7H2,1H3. The molecule has 0 aliphatic heterocycles. The fourth-order valence-corrected chi connectivity index (χ4v) is 4.67. The Morgan fingerprint density at radius 1 is 1.21 bits per heavy atom. The van der Waals surface area contributed by atoms with E-state index >= 15 is 0 Å². The third kappa shape index (κ3) is 3.35. The van der Waals surface area contributed by atoms with Gasteiger partial charge in [0.05, 0.1) is 28.6 Å². The van der Waals surface area contributed by atoms with Crippen LogP contribution in [0.1, 0.15) is 25.7 Å². The topological polar surface area (TPSA) is 64.0 Å². The number of nitrogens with one attached hydrogen (secondary N) is 1. The van der Waals surface area contributed by atoms with Crippen LogP contribution in [-0.4, -0.2) is 29.6 Å². The van der Waals surface area contributed by atoms with Gasteiger partial charge in [-0.15, -0.1) is 0 Å². The maximum atomic E-state index is 12.7. The number of benzene rings is 1. The lowest BCUT2D eigenvalue weighted by atomic mass is 9.88. The summed E-state index contributed by atoms with van der Waals surface area (Å²) >= 11 is 0. The molecule has 1 N–H and O–H groups in total. The van der Waals surface area contributed by atoms with Crippen LogP contribution in [0.3, 0.4) is 0 Å². The summed E-state index contributed by atoms with van der Waals surface area (Å²) in [6.45, 7) is 0. The van der Waals surface area contributed by atoms with Crippen LogP contribution in [0.25, 0.3) is 10.9 Å². The van der Waals surface area contributed by atoms with Gasteiger partial charge in [0.1, 0.15) is 0 Å². The van der Waals surface area contributed by atoms with E-state index in [1.807, 2.05) is 0 Å². The van der Waals surface area contributed by atoms with E-state index in [1.54, 1.807) is 36.1 Å².